The summed E-state index contributed by atoms with van der Waals surface area (Å²) < 4.78 is 5.24. The first-order valence-electron chi connectivity index (χ1n) is 8.87. The van der Waals surface area contributed by atoms with Gasteiger partial charge in [0.25, 0.3) is 0 Å². The van der Waals surface area contributed by atoms with E-state index in [1.807, 2.05) is 12.1 Å². The maximum absolute atomic E-state index is 12.2. The third-order valence-corrected chi connectivity index (χ3v) is 5.82. The fourth-order valence-electron chi connectivity index (χ4n) is 4.83. The van der Waals surface area contributed by atoms with Crippen LogP contribution < -0.4 is 4.74 Å². The SMILES string of the molecule is COc1ccc(CN2C[C@@H]3C[C@@H](C2)[C@@H]2CCCC(=O)N2C3)cc1. The Bertz CT molecular complexity index is 571. The van der Waals surface area contributed by atoms with E-state index in [2.05, 4.69) is 21.9 Å². The summed E-state index contributed by atoms with van der Waals surface area (Å²) in [5.74, 6) is 2.65. The van der Waals surface area contributed by atoms with Crippen molar-refractivity contribution in [1.29, 1.82) is 0 Å². The first-order chi connectivity index (χ1) is 11.2. The molecule has 2 bridgehead atoms. The highest BCUT2D eigenvalue weighted by Gasteiger charge is 2.43. The van der Waals surface area contributed by atoms with E-state index in [9.17, 15) is 4.79 Å². The zero-order valence-electron chi connectivity index (χ0n) is 13.9. The van der Waals surface area contributed by atoms with Crippen molar-refractivity contribution in [1.82, 2.24) is 9.80 Å². The molecule has 1 amide bonds. The minimum absolute atomic E-state index is 0.402. The first-order valence-corrected chi connectivity index (χ1v) is 8.87. The van der Waals surface area contributed by atoms with E-state index in [0.717, 1.165) is 44.8 Å². The van der Waals surface area contributed by atoms with Gasteiger partial charge >= 0.3 is 0 Å². The van der Waals surface area contributed by atoms with Gasteiger partial charge in [-0.3, -0.25) is 9.69 Å². The van der Waals surface area contributed by atoms with Gasteiger partial charge in [-0.15, -0.1) is 0 Å². The van der Waals surface area contributed by atoms with E-state index in [0.29, 0.717) is 23.8 Å². The van der Waals surface area contributed by atoms with Gasteiger partial charge in [0.15, 0.2) is 0 Å². The fourth-order valence-corrected chi connectivity index (χ4v) is 4.83. The van der Waals surface area contributed by atoms with Gasteiger partial charge in [-0.2, -0.15) is 0 Å². The van der Waals surface area contributed by atoms with Crippen LogP contribution in [-0.2, 0) is 11.3 Å². The molecule has 0 radical (unpaired) electrons. The Labute approximate surface area is 138 Å². The van der Waals surface area contributed by atoms with Gasteiger partial charge in [-0.05, 0) is 48.8 Å². The van der Waals surface area contributed by atoms with Gasteiger partial charge in [0, 0.05) is 38.6 Å². The number of benzene rings is 1. The average Bonchev–Trinajstić information content (AvgIpc) is 2.57. The Kier molecular flexibility index (Phi) is 4.02. The topological polar surface area (TPSA) is 32.8 Å². The molecule has 3 aliphatic rings. The highest BCUT2D eigenvalue weighted by atomic mass is 16.5. The normalized spacial score (nSPS) is 30.9. The summed E-state index contributed by atoms with van der Waals surface area (Å²) in [6.07, 6.45) is 4.37. The van der Waals surface area contributed by atoms with Crippen molar-refractivity contribution in [2.75, 3.05) is 26.7 Å². The number of ether oxygens (including phenoxy) is 1. The van der Waals surface area contributed by atoms with Crippen molar-refractivity contribution in [3.05, 3.63) is 29.8 Å². The van der Waals surface area contributed by atoms with Crippen molar-refractivity contribution in [2.24, 2.45) is 11.8 Å². The standard InChI is InChI=1S/C19H26N2O2/c1-23-17-7-5-14(6-8-17)10-20-11-15-9-16(13-20)18-3-2-4-19(22)21(18)12-15/h5-8,15-16,18H,2-4,9-13H2,1H3/t15-,16-,18-/m0/s1. The molecule has 4 heteroatoms. The number of carbonyl (C=O) groups excluding carboxylic acids is 1. The molecule has 0 saturated carbocycles. The van der Waals surface area contributed by atoms with Crippen LogP contribution in [0.5, 0.6) is 5.75 Å². The lowest BCUT2D eigenvalue weighted by molar-refractivity contribution is -0.145. The van der Waals surface area contributed by atoms with Crippen LogP contribution in [0.2, 0.25) is 0 Å². The number of nitrogens with zero attached hydrogens (tertiary/aromatic N) is 2. The van der Waals surface area contributed by atoms with Gasteiger partial charge in [0.1, 0.15) is 5.75 Å². The Balaban J connectivity index is 1.44. The van der Waals surface area contributed by atoms with E-state index in [1.54, 1.807) is 7.11 Å². The average molecular weight is 314 g/mol. The molecule has 23 heavy (non-hydrogen) atoms. The molecule has 0 aliphatic carbocycles. The maximum atomic E-state index is 12.2. The number of amides is 1. The predicted molar refractivity (Wildman–Crippen MR) is 89.2 cm³/mol. The number of likely N-dealkylation sites (tertiary alicyclic amines) is 1. The fraction of sp³-hybridized carbons (Fsp3) is 0.632. The smallest absolute Gasteiger partial charge is 0.222 e. The van der Waals surface area contributed by atoms with Gasteiger partial charge in [-0.25, -0.2) is 0 Å². The van der Waals surface area contributed by atoms with E-state index in [-0.39, 0.29) is 0 Å². The summed E-state index contributed by atoms with van der Waals surface area (Å²) in [5, 5.41) is 0. The number of rotatable bonds is 3. The lowest BCUT2D eigenvalue weighted by atomic mass is 9.76. The summed E-state index contributed by atoms with van der Waals surface area (Å²) in [5.41, 5.74) is 1.35. The van der Waals surface area contributed by atoms with Crippen molar-refractivity contribution < 1.29 is 9.53 Å². The third kappa shape index (κ3) is 2.97. The second kappa shape index (κ2) is 6.16. The summed E-state index contributed by atoms with van der Waals surface area (Å²) in [7, 11) is 1.71. The highest BCUT2D eigenvalue weighted by Crippen LogP contribution is 2.38. The molecule has 4 nitrogen and oxygen atoms in total. The zero-order chi connectivity index (χ0) is 15.8. The van der Waals surface area contributed by atoms with Crippen molar-refractivity contribution in [2.45, 2.75) is 38.3 Å². The van der Waals surface area contributed by atoms with Crippen LogP contribution in [0.1, 0.15) is 31.2 Å². The minimum Gasteiger partial charge on any atom is -0.497 e. The summed E-state index contributed by atoms with van der Waals surface area (Å²) in [6, 6.07) is 8.92. The van der Waals surface area contributed by atoms with Gasteiger partial charge in [0.2, 0.25) is 5.91 Å². The molecule has 1 aromatic carbocycles. The quantitative estimate of drug-likeness (QED) is 0.859. The molecule has 0 unspecified atom stereocenters. The lowest BCUT2D eigenvalue weighted by Crippen LogP contribution is -2.60. The Morgan fingerprint density at radius 1 is 1.17 bits per heavy atom. The third-order valence-electron chi connectivity index (χ3n) is 5.82. The number of carbonyl (C=O) groups is 1. The van der Waals surface area contributed by atoms with Crippen LogP contribution >= 0.6 is 0 Å². The van der Waals surface area contributed by atoms with Gasteiger partial charge in [-0.1, -0.05) is 12.1 Å². The van der Waals surface area contributed by atoms with Crippen molar-refractivity contribution >= 4 is 5.91 Å². The number of piperidine rings is 3. The van der Waals surface area contributed by atoms with Crippen molar-refractivity contribution in [3.63, 3.8) is 0 Å². The van der Waals surface area contributed by atoms with Crippen LogP contribution in [-0.4, -0.2) is 48.5 Å². The lowest BCUT2D eigenvalue weighted by Gasteiger charge is -2.52. The monoisotopic (exact) mass is 314 g/mol. The second-order valence-corrected chi connectivity index (χ2v) is 7.41. The molecule has 3 aliphatic heterocycles. The van der Waals surface area contributed by atoms with Crippen LogP contribution in [0.4, 0.5) is 0 Å². The van der Waals surface area contributed by atoms with E-state index < -0.39 is 0 Å². The van der Waals surface area contributed by atoms with Crippen LogP contribution in [0.3, 0.4) is 0 Å². The van der Waals surface area contributed by atoms with Gasteiger partial charge in [0.05, 0.1) is 7.11 Å². The molecule has 3 heterocycles. The Morgan fingerprint density at radius 2 is 2.00 bits per heavy atom. The molecular weight excluding hydrogens is 288 g/mol. The summed E-state index contributed by atoms with van der Waals surface area (Å²) in [4.78, 5) is 17.0. The van der Waals surface area contributed by atoms with E-state index in [1.165, 1.54) is 18.4 Å². The minimum atomic E-state index is 0.402. The number of hydrogen-bond acceptors (Lipinski definition) is 3. The number of hydrogen-bond donors (Lipinski definition) is 0. The first kappa shape index (κ1) is 15.0. The number of methoxy groups -OCH3 is 1. The molecule has 0 spiro atoms. The molecule has 3 atom stereocenters. The van der Waals surface area contributed by atoms with Crippen molar-refractivity contribution in [3.8, 4) is 5.75 Å². The highest BCUT2D eigenvalue weighted by molar-refractivity contribution is 5.77. The van der Waals surface area contributed by atoms with Crippen LogP contribution in [0.25, 0.3) is 0 Å². The van der Waals surface area contributed by atoms with Crippen LogP contribution in [0.15, 0.2) is 24.3 Å². The van der Waals surface area contributed by atoms with Gasteiger partial charge < -0.3 is 9.64 Å². The molecular formula is C19H26N2O2. The summed E-state index contributed by atoms with van der Waals surface area (Å²) >= 11 is 0. The number of fused-ring (bicyclic) bond motifs is 4. The molecule has 3 fully saturated rings. The molecule has 1 aromatic rings. The maximum Gasteiger partial charge on any atom is 0.222 e. The predicted octanol–water partition coefficient (Wildman–Crippen LogP) is 2.53. The zero-order valence-corrected chi connectivity index (χ0v) is 13.9. The van der Waals surface area contributed by atoms with E-state index >= 15 is 0 Å². The van der Waals surface area contributed by atoms with E-state index in [4.69, 9.17) is 4.74 Å². The van der Waals surface area contributed by atoms with Crippen LogP contribution in [0, 0.1) is 11.8 Å². The molecule has 124 valence electrons. The Morgan fingerprint density at radius 3 is 2.78 bits per heavy atom. The molecule has 0 aromatic heterocycles. The largest absolute Gasteiger partial charge is 0.497 e. The molecule has 4 rings (SSSR count). The molecule has 3 saturated heterocycles. The summed E-state index contributed by atoms with van der Waals surface area (Å²) in [6.45, 7) is 4.26. The Hall–Kier alpha value is -1.55. The molecule has 0 N–H and O–H groups in total. The second-order valence-electron chi connectivity index (χ2n) is 7.41.